The summed E-state index contributed by atoms with van der Waals surface area (Å²) in [5, 5.41) is 0. The van der Waals surface area contributed by atoms with Crippen molar-refractivity contribution in [1.29, 1.82) is 0 Å². The molecule has 0 aromatic heterocycles. The minimum Gasteiger partial charge on any atom is -0.459 e. The lowest BCUT2D eigenvalue weighted by atomic mass is 10.0. The Morgan fingerprint density at radius 2 is 1.59 bits per heavy atom. The highest BCUT2D eigenvalue weighted by Gasteiger charge is 2.09. The van der Waals surface area contributed by atoms with E-state index in [9.17, 15) is 4.79 Å². The van der Waals surface area contributed by atoms with E-state index >= 15 is 0 Å². The summed E-state index contributed by atoms with van der Waals surface area (Å²) in [7, 11) is 0. The van der Waals surface area contributed by atoms with E-state index in [1.54, 1.807) is 6.92 Å². The van der Waals surface area contributed by atoms with Crippen LogP contribution in [0.4, 0.5) is 0 Å². The summed E-state index contributed by atoms with van der Waals surface area (Å²) >= 11 is 0. The van der Waals surface area contributed by atoms with E-state index in [1.165, 1.54) is 25.7 Å². The number of carbonyl (C=O) groups excluding carboxylic acids is 1. The zero-order valence-electron chi connectivity index (χ0n) is 11.9. The quantitative estimate of drug-likeness (QED) is 0.337. The van der Waals surface area contributed by atoms with Gasteiger partial charge in [0.15, 0.2) is 0 Å². The largest absolute Gasteiger partial charge is 0.459 e. The second-order valence-electron chi connectivity index (χ2n) is 5.38. The summed E-state index contributed by atoms with van der Waals surface area (Å²) in [5.41, 5.74) is 0.480. The van der Waals surface area contributed by atoms with Gasteiger partial charge < -0.3 is 4.74 Å². The smallest absolute Gasteiger partial charge is 0.333 e. The van der Waals surface area contributed by atoms with E-state index in [-0.39, 0.29) is 12.1 Å². The lowest BCUT2D eigenvalue weighted by molar-refractivity contribution is -0.143. The van der Waals surface area contributed by atoms with E-state index in [0.29, 0.717) is 5.57 Å². The third-order valence-electron chi connectivity index (χ3n) is 2.80. The fourth-order valence-corrected chi connectivity index (χ4v) is 1.68. The number of unbranched alkanes of at least 4 members (excludes halogenated alkanes) is 3. The molecule has 0 saturated heterocycles. The average molecular weight is 240 g/mol. The molecule has 0 rings (SSSR count). The third-order valence-corrected chi connectivity index (χ3v) is 2.80. The summed E-state index contributed by atoms with van der Waals surface area (Å²) in [4.78, 5) is 11.2. The van der Waals surface area contributed by atoms with E-state index in [2.05, 4.69) is 20.4 Å². The molecule has 1 atom stereocenters. The van der Waals surface area contributed by atoms with Gasteiger partial charge in [-0.3, -0.25) is 0 Å². The lowest BCUT2D eigenvalue weighted by Crippen LogP contribution is -2.15. The van der Waals surface area contributed by atoms with Crippen molar-refractivity contribution < 1.29 is 9.53 Å². The number of esters is 1. The van der Waals surface area contributed by atoms with Crippen LogP contribution in [0.1, 0.15) is 66.2 Å². The first-order valence-corrected chi connectivity index (χ1v) is 6.80. The van der Waals surface area contributed by atoms with Crippen LogP contribution in [-0.2, 0) is 9.53 Å². The van der Waals surface area contributed by atoms with Gasteiger partial charge >= 0.3 is 5.97 Å². The Morgan fingerprint density at radius 1 is 1.06 bits per heavy atom. The zero-order chi connectivity index (χ0) is 13.3. The summed E-state index contributed by atoms with van der Waals surface area (Å²) in [6.45, 7) is 11.7. The molecule has 0 aliphatic heterocycles. The first-order chi connectivity index (χ1) is 7.93. The Kier molecular flexibility index (Phi) is 8.83. The molecule has 0 radical (unpaired) electrons. The molecule has 1 unspecified atom stereocenters. The molecule has 2 nitrogen and oxygen atoms in total. The van der Waals surface area contributed by atoms with Crippen molar-refractivity contribution in [2.75, 3.05) is 0 Å². The molecular weight excluding hydrogens is 212 g/mol. The normalized spacial score (nSPS) is 12.5. The predicted molar refractivity (Wildman–Crippen MR) is 72.9 cm³/mol. The van der Waals surface area contributed by atoms with Crippen LogP contribution in [-0.4, -0.2) is 12.1 Å². The van der Waals surface area contributed by atoms with Crippen LogP contribution in [0.3, 0.4) is 0 Å². The second-order valence-corrected chi connectivity index (χ2v) is 5.38. The number of hydrogen-bond donors (Lipinski definition) is 0. The molecule has 0 heterocycles. The molecule has 0 aliphatic rings. The van der Waals surface area contributed by atoms with Gasteiger partial charge in [0, 0.05) is 5.57 Å². The van der Waals surface area contributed by atoms with Gasteiger partial charge in [-0.2, -0.15) is 0 Å². The van der Waals surface area contributed by atoms with Gasteiger partial charge in [0.1, 0.15) is 0 Å². The standard InChI is InChI=1S/C15H28O2/c1-12(2)10-8-6-7-9-11-14(5)17-15(16)13(3)4/h12,14H,3,6-11H2,1-2,4-5H3. The summed E-state index contributed by atoms with van der Waals surface area (Å²) < 4.78 is 5.22. The van der Waals surface area contributed by atoms with Crippen LogP contribution in [0.25, 0.3) is 0 Å². The van der Waals surface area contributed by atoms with Crippen molar-refractivity contribution in [3.63, 3.8) is 0 Å². The van der Waals surface area contributed by atoms with Crippen LogP contribution < -0.4 is 0 Å². The molecule has 0 aliphatic carbocycles. The van der Waals surface area contributed by atoms with Gasteiger partial charge in [-0.25, -0.2) is 4.79 Å². The van der Waals surface area contributed by atoms with Crippen LogP contribution in [0.2, 0.25) is 0 Å². The molecule has 0 amide bonds. The molecule has 0 aromatic carbocycles. The monoisotopic (exact) mass is 240 g/mol. The van der Waals surface area contributed by atoms with E-state index in [1.807, 2.05) is 6.92 Å². The average Bonchev–Trinajstić information content (AvgIpc) is 2.22. The first kappa shape index (κ1) is 16.2. The molecule has 0 fully saturated rings. The van der Waals surface area contributed by atoms with Crippen molar-refractivity contribution in [2.45, 2.75) is 72.3 Å². The SMILES string of the molecule is C=C(C)C(=O)OC(C)CCCCCCC(C)C. The van der Waals surface area contributed by atoms with Gasteiger partial charge in [-0.15, -0.1) is 0 Å². The summed E-state index contributed by atoms with van der Waals surface area (Å²) in [6, 6.07) is 0. The van der Waals surface area contributed by atoms with Crippen LogP contribution in [0.15, 0.2) is 12.2 Å². The predicted octanol–water partition coefficient (Wildman–Crippen LogP) is 4.49. The van der Waals surface area contributed by atoms with Gasteiger partial charge in [0.05, 0.1) is 6.10 Å². The fourth-order valence-electron chi connectivity index (χ4n) is 1.68. The molecule has 17 heavy (non-hydrogen) atoms. The molecule has 0 aromatic rings. The van der Waals surface area contributed by atoms with E-state index in [0.717, 1.165) is 18.8 Å². The summed E-state index contributed by atoms with van der Waals surface area (Å²) in [6.07, 6.45) is 7.28. The third kappa shape index (κ3) is 10.1. The number of carbonyl (C=O) groups is 1. The zero-order valence-corrected chi connectivity index (χ0v) is 11.9. The highest BCUT2D eigenvalue weighted by molar-refractivity contribution is 5.87. The minimum absolute atomic E-state index is 0.0179. The highest BCUT2D eigenvalue weighted by Crippen LogP contribution is 2.12. The lowest BCUT2D eigenvalue weighted by Gasteiger charge is -2.13. The van der Waals surface area contributed by atoms with Crippen molar-refractivity contribution in [3.05, 3.63) is 12.2 Å². The summed E-state index contributed by atoms with van der Waals surface area (Å²) in [5.74, 6) is 0.544. The van der Waals surface area contributed by atoms with Gasteiger partial charge in [-0.1, -0.05) is 46.1 Å². The first-order valence-electron chi connectivity index (χ1n) is 6.80. The maximum Gasteiger partial charge on any atom is 0.333 e. The molecule has 0 bridgehead atoms. The number of ether oxygens (including phenoxy) is 1. The van der Waals surface area contributed by atoms with Crippen molar-refractivity contribution in [3.8, 4) is 0 Å². The minimum atomic E-state index is -0.266. The van der Waals surface area contributed by atoms with Crippen LogP contribution in [0, 0.1) is 5.92 Å². The van der Waals surface area contributed by atoms with Gasteiger partial charge in [0.2, 0.25) is 0 Å². The molecule has 0 N–H and O–H groups in total. The van der Waals surface area contributed by atoms with Crippen LogP contribution >= 0.6 is 0 Å². The molecule has 100 valence electrons. The molecule has 0 spiro atoms. The Hall–Kier alpha value is -0.790. The Bertz CT molecular complexity index is 231. The van der Waals surface area contributed by atoms with E-state index < -0.39 is 0 Å². The fraction of sp³-hybridized carbons (Fsp3) is 0.800. The van der Waals surface area contributed by atoms with E-state index in [4.69, 9.17) is 4.74 Å². The van der Waals surface area contributed by atoms with Gasteiger partial charge in [-0.05, 0) is 32.6 Å². The maximum atomic E-state index is 11.2. The van der Waals surface area contributed by atoms with Crippen molar-refractivity contribution in [1.82, 2.24) is 0 Å². The maximum absolute atomic E-state index is 11.2. The van der Waals surface area contributed by atoms with Crippen molar-refractivity contribution in [2.24, 2.45) is 5.92 Å². The molecule has 2 heteroatoms. The topological polar surface area (TPSA) is 26.3 Å². The second kappa shape index (κ2) is 9.26. The Labute approximate surface area is 106 Å². The molecular formula is C15H28O2. The Balaban J connectivity index is 3.42. The number of rotatable bonds is 9. The van der Waals surface area contributed by atoms with Gasteiger partial charge in [0.25, 0.3) is 0 Å². The Morgan fingerprint density at radius 3 is 2.06 bits per heavy atom. The van der Waals surface area contributed by atoms with Crippen LogP contribution in [0.5, 0.6) is 0 Å². The number of hydrogen-bond acceptors (Lipinski definition) is 2. The van der Waals surface area contributed by atoms with Crippen molar-refractivity contribution >= 4 is 5.97 Å². The molecule has 0 saturated carbocycles. The highest BCUT2D eigenvalue weighted by atomic mass is 16.5.